The quantitative estimate of drug-likeness (QED) is 0.748. The van der Waals surface area contributed by atoms with E-state index in [0.717, 1.165) is 55.1 Å². The number of ether oxygens (including phenoxy) is 1. The first-order chi connectivity index (χ1) is 12.9. The van der Waals surface area contributed by atoms with Gasteiger partial charge in [-0.05, 0) is 24.7 Å². The van der Waals surface area contributed by atoms with Gasteiger partial charge in [-0.25, -0.2) is 8.42 Å². The molecule has 8 heteroatoms. The zero-order valence-electron chi connectivity index (χ0n) is 15.2. The van der Waals surface area contributed by atoms with E-state index < -0.39 is 15.6 Å². The molecule has 1 aromatic carbocycles. The van der Waals surface area contributed by atoms with Crippen molar-refractivity contribution in [1.82, 2.24) is 9.21 Å². The van der Waals surface area contributed by atoms with Gasteiger partial charge in [0.1, 0.15) is 15.6 Å². The lowest BCUT2D eigenvalue weighted by Gasteiger charge is -2.42. The molecule has 0 bridgehead atoms. The van der Waals surface area contributed by atoms with Crippen LogP contribution in [-0.4, -0.2) is 49.4 Å². The molecule has 0 aliphatic carbocycles. The van der Waals surface area contributed by atoms with Gasteiger partial charge in [-0.1, -0.05) is 36.7 Å². The molecule has 27 heavy (non-hydrogen) atoms. The van der Waals surface area contributed by atoms with Gasteiger partial charge < -0.3 is 9.64 Å². The van der Waals surface area contributed by atoms with Crippen LogP contribution in [0.4, 0.5) is 0 Å². The van der Waals surface area contributed by atoms with Crippen LogP contribution in [0.2, 0.25) is 4.34 Å². The lowest BCUT2D eigenvalue weighted by atomic mass is 9.91. The molecule has 0 amide bonds. The number of nitrogens with zero attached hydrogens (tertiary/aromatic N) is 2. The molecule has 1 spiro atoms. The van der Waals surface area contributed by atoms with Crippen LogP contribution in [0, 0.1) is 0 Å². The fourth-order valence-corrected chi connectivity index (χ4v) is 6.97. The third-order valence-electron chi connectivity index (χ3n) is 5.47. The van der Waals surface area contributed by atoms with E-state index in [4.69, 9.17) is 16.3 Å². The summed E-state index contributed by atoms with van der Waals surface area (Å²) >= 11 is 7.10. The van der Waals surface area contributed by atoms with E-state index in [-0.39, 0.29) is 4.21 Å². The number of fused-ring (bicyclic) bond motifs is 1. The van der Waals surface area contributed by atoms with Crippen molar-refractivity contribution >= 4 is 33.0 Å². The van der Waals surface area contributed by atoms with Crippen LogP contribution < -0.4 is 4.74 Å². The van der Waals surface area contributed by atoms with Gasteiger partial charge in [-0.15, -0.1) is 11.3 Å². The normalized spacial score (nSPS) is 20.8. The minimum absolute atomic E-state index is 0.285. The Balaban J connectivity index is 1.72. The van der Waals surface area contributed by atoms with E-state index in [0.29, 0.717) is 17.4 Å². The van der Waals surface area contributed by atoms with E-state index in [2.05, 4.69) is 11.8 Å². The number of halogens is 1. The molecule has 4 rings (SSSR count). The molecule has 1 saturated heterocycles. The largest absolute Gasteiger partial charge is 0.485 e. The molecule has 1 fully saturated rings. The van der Waals surface area contributed by atoms with E-state index in [9.17, 15) is 8.42 Å². The number of sulfonamides is 1. The molecule has 0 saturated carbocycles. The monoisotopic (exact) mass is 426 g/mol. The van der Waals surface area contributed by atoms with Crippen molar-refractivity contribution in [3.8, 4) is 5.75 Å². The molecule has 2 aliphatic heterocycles. The fraction of sp³-hybridized carbons (Fsp3) is 0.474. The highest BCUT2D eigenvalue weighted by molar-refractivity contribution is 7.91. The highest BCUT2D eigenvalue weighted by Crippen LogP contribution is 2.38. The zero-order valence-corrected chi connectivity index (χ0v) is 17.6. The van der Waals surface area contributed by atoms with Crippen molar-refractivity contribution in [3.05, 3.63) is 46.3 Å². The van der Waals surface area contributed by atoms with Crippen LogP contribution in [0.15, 0.2) is 40.6 Å². The number of hydrogen-bond acceptors (Lipinski definition) is 5. The summed E-state index contributed by atoms with van der Waals surface area (Å²) in [6, 6.07) is 11.0. The third kappa shape index (κ3) is 3.76. The Morgan fingerprint density at radius 3 is 2.59 bits per heavy atom. The van der Waals surface area contributed by atoms with Crippen molar-refractivity contribution in [2.24, 2.45) is 0 Å². The second kappa shape index (κ2) is 7.37. The van der Waals surface area contributed by atoms with Gasteiger partial charge in [0.15, 0.2) is 0 Å². The van der Waals surface area contributed by atoms with E-state index >= 15 is 0 Å². The second-order valence-corrected chi connectivity index (χ2v) is 11.0. The SMILES string of the molecule is CCN1CCC2(CC1)CN(S(=O)(=O)c1ccc(Cl)s1)Cc1ccccc1O2. The molecule has 0 radical (unpaired) electrons. The molecule has 0 N–H and O–H groups in total. The molecular weight excluding hydrogens is 404 g/mol. The summed E-state index contributed by atoms with van der Waals surface area (Å²) in [6.45, 7) is 5.65. The van der Waals surface area contributed by atoms with Crippen molar-refractivity contribution in [2.75, 3.05) is 26.2 Å². The second-order valence-electron chi connectivity index (χ2n) is 7.16. The number of hydrogen-bond donors (Lipinski definition) is 0. The van der Waals surface area contributed by atoms with Crippen LogP contribution in [0.1, 0.15) is 25.3 Å². The number of likely N-dealkylation sites (tertiary alicyclic amines) is 1. The number of thiophene rings is 1. The Labute approximate surface area is 169 Å². The van der Waals surface area contributed by atoms with Crippen molar-refractivity contribution in [1.29, 1.82) is 0 Å². The first kappa shape index (κ1) is 19.2. The molecule has 1 aromatic heterocycles. The number of piperidine rings is 1. The van der Waals surface area contributed by atoms with Gasteiger partial charge in [0.2, 0.25) is 0 Å². The predicted molar refractivity (Wildman–Crippen MR) is 108 cm³/mol. The molecule has 146 valence electrons. The Bertz CT molecular complexity index is 921. The van der Waals surface area contributed by atoms with E-state index in [1.54, 1.807) is 16.4 Å². The Hall–Kier alpha value is -1.12. The first-order valence-electron chi connectivity index (χ1n) is 9.17. The smallest absolute Gasteiger partial charge is 0.253 e. The van der Waals surface area contributed by atoms with Crippen LogP contribution in [-0.2, 0) is 16.6 Å². The lowest BCUT2D eigenvalue weighted by molar-refractivity contribution is -0.00425. The first-order valence-corrected chi connectivity index (χ1v) is 11.8. The van der Waals surface area contributed by atoms with Gasteiger partial charge in [0.05, 0.1) is 10.9 Å². The predicted octanol–water partition coefficient (Wildman–Crippen LogP) is 3.84. The Kier molecular flexibility index (Phi) is 5.24. The summed E-state index contributed by atoms with van der Waals surface area (Å²) in [5.41, 5.74) is 0.408. The van der Waals surface area contributed by atoms with Crippen LogP contribution in [0.25, 0.3) is 0 Å². The number of para-hydroxylation sites is 1. The third-order valence-corrected chi connectivity index (χ3v) is 8.96. The Morgan fingerprint density at radius 1 is 1.19 bits per heavy atom. The van der Waals surface area contributed by atoms with Crippen LogP contribution in [0.3, 0.4) is 0 Å². The summed E-state index contributed by atoms with van der Waals surface area (Å²) in [7, 11) is -3.63. The maximum atomic E-state index is 13.3. The van der Waals surface area contributed by atoms with Crippen molar-refractivity contribution in [3.63, 3.8) is 0 Å². The summed E-state index contributed by atoms with van der Waals surface area (Å²) in [4.78, 5) is 2.38. The fourth-order valence-electron chi connectivity index (χ4n) is 3.84. The maximum Gasteiger partial charge on any atom is 0.253 e. The van der Waals surface area contributed by atoms with Crippen LogP contribution >= 0.6 is 22.9 Å². The summed E-state index contributed by atoms with van der Waals surface area (Å²) in [6.07, 6.45) is 1.62. The molecule has 0 unspecified atom stereocenters. The van der Waals surface area contributed by atoms with Gasteiger partial charge >= 0.3 is 0 Å². The standard InChI is InChI=1S/C19H23ClN2O3S2/c1-2-21-11-9-19(10-12-21)14-22(13-15-5-3-4-6-16(15)25-19)27(23,24)18-8-7-17(20)26-18/h3-8H,2,9-14H2,1H3. The Morgan fingerprint density at radius 2 is 1.93 bits per heavy atom. The average molecular weight is 427 g/mol. The van der Waals surface area contributed by atoms with Gasteiger partial charge in [0, 0.05) is 38.0 Å². The van der Waals surface area contributed by atoms with Crippen molar-refractivity contribution in [2.45, 2.75) is 36.1 Å². The number of benzene rings is 1. The molecular formula is C19H23ClN2O3S2. The molecule has 0 atom stereocenters. The molecule has 2 aliphatic rings. The number of rotatable bonds is 3. The van der Waals surface area contributed by atoms with Gasteiger partial charge in [-0.3, -0.25) is 0 Å². The van der Waals surface area contributed by atoms with Gasteiger partial charge in [-0.2, -0.15) is 4.31 Å². The highest BCUT2D eigenvalue weighted by Gasteiger charge is 2.44. The minimum atomic E-state index is -3.63. The topological polar surface area (TPSA) is 49.9 Å². The minimum Gasteiger partial charge on any atom is -0.485 e. The summed E-state index contributed by atoms with van der Waals surface area (Å²) < 4.78 is 35.5. The maximum absolute atomic E-state index is 13.3. The van der Waals surface area contributed by atoms with Crippen LogP contribution in [0.5, 0.6) is 5.75 Å². The zero-order chi connectivity index (χ0) is 19.1. The van der Waals surface area contributed by atoms with E-state index in [1.165, 1.54) is 0 Å². The molecule has 2 aromatic rings. The van der Waals surface area contributed by atoms with Gasteiger partial charge in [0.25, 0.3) is 10.0 Å². The lowest BCUT2D eigenvalue weighted by Crippen LogP contribution is -2.54. The van der Waals surface area contributed by atoms with E-state index in [1.807, 2.05) is 24.3 Å². The molecule has 5 nitrogen and oxygen atoms in total. The highest BCUT2D eigenvalue weighted by atomic mass is 35.5. The van der Waals surface area contributed by atoms with Crippen molar-refractivity contribution < 1.29 is 13.2 Å². The average Bonchev–Trinajstić information content (AvgIpc) is 3.03. The molecule has 3 heterocycles. The summed E-state index contributed by atoms with van der Waals surface area (Å²) in [5.74, 6) is 0.796. The summed E-state index contributed by atoms with van der Waals surface area (Å²) in [5, 5.41) is 0.